The number of benzene rings is 1. The van der Waals surface area contributed by atoms with Gasteiger partial charge >= 0.3 is 0 Å². The molecule has 1 aromatic heterocycles. The maximum absolute atomic E-state index is 5.51. The summed E-state index contributed by atoms with van der Waals surface area (Å²) in [5.74, 6) is 0. The zero-order valence-corrected chi connectivity index (χ0v) is 10.8. The first-order valence-corrected chi connectivity index (χ1v) is 6.27. The van der Waals surface area contributed by atoms with Gasteiger partial charge in [0.1, 0.15) is 0 Å². The molecule has 0 radical (unpaired) electrons. The van der Waals surface area contributed by atoms with Crippen molar-refractivity contribution in [2.24, 2.45) is 5.73 Å². The van der Waals surface area contributed by atoms with Gasteiger partial charge in [0, 0.05) is 18.9 Å². The second-order valence-corrected chi connectivity index (χ2v) is 4.50. The van der Waals surface area contributed by atoms with Crippen LogP contribution >= 0.6 is 0 Å². The average Bonchev–Trinajstić information content (AvgIpc) is 2.91. The molecule has 2 N–H and O–H groups in total. The summed E-state index contributed by atoms with van der Waals surface area (Å²) in [5, 5.41) is 4.21. The van der Waals surface area contributed by atoms with Crippen LogP contribution in [0.4, 0.5) is 0 Å². The molecular weight excluding hydrogens is 224 g/mol. The molecule has 0 aliphatic heterocycles. The van der Waals surface area contributed by atoms with Gasteiger partial charge in [-0.15, -0.1) is 0 Å². The van der Waals surface area contributed by atoms with Crippen molar-refractivity contribution in [2.45, 2.75) is 13.0 Å². The first kappa shape index (κ1) is 12.8. The Hall–Kier alpha value is -1.65. The maximum Gasteiger partial charge on any atom is 0.0645 e. The van der Waals surface area contributed by atoms with Crippen molar-refractivity contribution in [1.82, 2.24) is 14.7 Å². The summed E-state index contributed by atoms with van der Waals surface area (Å²) in [5.41, 5.74) is 7.91. The molecular formula is C14H20N4. The molecule has 0 saturated heterocycles. The molecule has 0 saturated carbocycles. The smallest absolute Gasteiger partial charge is 0.0645 e. The number of hydrogen-bond acceptors (Lipinski definition) is 3. The quantitative estimate of drug-likeness (QED) is 0.840. The van der Waals surface area contributed by atoms with Gasteiger partial charge in [-0.05, 0) is 50.3 Å². The molecule has 1 heterocycles. The Morgan fingerprint density at radius 2 is 2.06 bits per heavy atom. The molecule has 1 aromatic carbocycles. The molecule has 0 aliphatic rings. The fourth-order valence-corrected chi connectivity index (χ4v) is 1.93. The summed E-state index contributed by atoms with van der Waals surface area (Å²) in [4.78, 5) is 2.29. The van der Waals surface area contributed by atoms with Gasteiger partial charge in [-0.1, -0.05) is 12.1 Å². The van der Waals surface area contributed by atoms with E-state index >= 15 is 0 Å². The third kappa shape index (κ3) is 3.42. The number of nitrogens with zero attached hydrogens (tertiary/aromatic N) is 3. The van der Waals surface area contributed by atoms with Crippen molar-refractivity contribution >= 4 is 0 Å². The predicted molar refractivity (Wildman–Crippen MR) is 73.6 cm³/mol. The van der Waals surface area contributed by atoms with Gasteiger partial charge in [0.15, 0.2) is 0 Å². The summed E-state index contributed by atoms with van der Waals surface area (Å²) >= 11 is 0. The Morgan fingerprint density at radius 1 is 1.28 bits per heavy atom. The Morgan fingerprint density at radius 3 is 2.67 bits per heavy atom. The van der Waals surface area contributed by atoms with Crippen LogP contribution in [0.25, 0.3) is 5.69 Å². The molecule has 18 heavy (non-hydrogen) atoms. The van der Waals surface area contributed by atoms with Crippen LogP contribution in [0, 0.1) is 0 Å². The zero-order chi connectivity index (χ0) is 12.8. The molecule has 0 fully saturated rings. The lowest BCUT2D eigenvalue weighted by Gasteiger charge is -2.16. The lowest BCUT2D eigenvalue weighted by atomic mass is 10.2. The molecule has 0 atom stereocenters. The molecule has 4 nitrogen and oxygen atoms in total. The molecule has 0 aliphatic carbocycles. The summed E-state index contributed by atoms with van der Waals surface area (Å²) in [6.07, 6.45) is 4.78. The molecule has 0 spiro atoms. The Labute approximate surface area is 108 Å². The Kier molecular flexibility index (Phi) is 4.50. The zero-order valence-electron chi connectivity index (χ0n) is 10.8. The van der Waals surface area contributed by atoms with Gasteiger partial charge in [-0.3, -0.25) is 0 Å². The van der Waals surface area contributed by atoms with Gasteiger partial charge in [0.2, 0.25) is 0 Å². The van der Waals surface area contributed by atoms with Crippen LogP contribution in [-0.4, -0.2) is 34.8 Å². The van der Waals surface area contributed by atoms with Crippen LogP contribution in [0.1, 0.15) is 12.0 Å². The third-order valence-corrected chi connectivity index (χ3v) is 2.90. The highest BCUT2D eigenvalue weighted by Gasteiger charge is 2.01. The normalized spacial score (nSPS) is 11.1. The number of nitrogens with two attached hydrogens (primary N) is 1. The van der Waals surface area contributed by atoms with Crippen LogP contribution in [0.15, 0.2) is 42.7 Å². The standard InChI is InChI=1S/C14H20N4/c1-17(10-2-8-15)12-13-4-6-14(7-5-13)18-11-3-9-16-18/h3-7,9,11H,2,8,10,12,15H2,1H3. The van der Waals surface area contributed by atoms with E-state index in [1.807, 2.05) is 16.9 Å². The minimum atomic E-state index is 0.753. The second-order valence-electron chi connectivity index (χ2n) is 4.50. The highest BCUT2D eigenvalue weighted by Crippen LogP contribution is 2.10. The molecule has 0 amide bonds. The first-order valence-electron chi connectivity index (χ1n) is 6.27. The lowest BCUT2D eigenvalue weighted by Crippen LogP contribution is -2.21. The van der Waals surface area contributed by atoms with E-state index in [0.717, 1.165) is 31.7 Å². The molecule has 96 valence electrons. The number of hydrogen-bond donors (Lipinski definition) is 1. The van der Waals surface area contributed by atoms with E-state index < -0.39 is 0 Å². The summed E-state index contributed by atoms with van der Waals surface area (Å²) in [6, 6.07) is 10.4. The molecule has 2 rings (SSSR count). The van der Waals surface area contributed by atoms with E-state index in [1.165, 1.54) is 5.56 Å². The van der Waals surface area contributed by atoms with E-state index in [0.29, 0.717) is 0 Å². The van der Waals surface area contributed by atoms with Crippen LogP contribution in [-0.2, 0) is 6.54 Å². The van der Waals surface area contributed by atoms with Crippen LogP contribution < -0.4 is 5.73 Å². The fraction of sp³-hybridized carbons (Fsp3) is 0.357. The van der Waals surface area contributed by atoms with E-state index in [9.17, 15) is 0 Å². The van der Waals surface area contributed by atoms with Crippen molar-refractivity contribution in [1.29, 1.82) is 0 Å². The van der Waals surface area contributed by atoms with E-state index in [2.05, 4.69) is 41.3 Å². The van der Waals surface area contributed by atoms with Crippen molar-refractivity contribution in [3.8, 4) is 5.69 Å². The Balaban J connectivity index is 1.95. The van der Waals surface area contributed by atoms with Crippen LogP contribution in [0.2, 0.25) is 0 Å². The monoisotopic (exact) mass is 244 g/mol. The van der Waals surface area contributed by atoms with Gasteiger partial charge < -0.3 is 10.6 Å². The van der Waals surface area contributed by atoms with Gasteiger partial charge in [0.05, 0.1) is 5.69 Å². The fourth-order valence-electron chi connectivity index (χ4n) is 1.93. The van der Waals surface area contributed by atoms with Crippen molar-refractivity contribution in [3.05, 3.63) is 48.3 Å². The van der Waals surface area contributed by atoms with Gasteiger partial charge in [-0.2, -0.15) is 5.10 Å². The molecule has 0 bridgehead atoms. The summed E-state index contributed by atoms with van der Waals surface area (Å²) in [6.45, 7) is 2.75. The first-order chi connectivity index (χ1) is 8.79. The predicted octanol–water partition coefficient (Wildman–Crippen LogP) is 1.65. The maximum atomic E-state index is 5.51. The largest absolute Gasteiger partial charge is 0.330 e. The van der Waals surface area contributed by atoms with Crippen LogP contribution in [0.3, 0.4) is 0 Å². The third-order valence-electron chi connectivity index (χ3n) is 2.90. The molecule has 0 unspecified atom stereocenters. The highest BCUT2D eigenvalue weighted by molar-refractivity contribution is 5.33. The van der Waals surface area contributed by atoms with E-state index in [1.54, 1.807) is 6.20 Å². The summed E-state index contributed by atoms with van der Waals surface area (Å²) in [7, 11) is 2.12. The minimum absolute atomic E-state index is 0.753. The number of rotatable bonds is 6. The topological polar surface area (TPSA) is 47.1 Å². The highest BCUT2D eigenvalue weighted by atomic mass is 15.3. The van der Waals surface area contributed by atoms with Gasteiger partial charge in [0.25, 0.3) is 0 Å². The average molecular weight is 244 g/mol. The van der Waals surface area contributed by atoms with E-state index in [-0.39, 0.29) is 0 Å². The van der Waals surface area contributed by atoms with Gasteiger partial charge in [-0.25, -0.2) is 4.68 Å². The number of aromatic nitrogens is 2. The van der Waals surface area contributed by atoms with Crippen molar-refractivity contribution < 1.29 is 0 Å². The second kappa shape index (κ2) is 6.33. The van der Waals surface area contributed by atoms with E-state index in [4.69, 9.17) is 5.73 Å². The van der Waals surface area contributed by atoms with Crippen molar-refractivity contribution in [3.63, 3.8) is 0 Å². The van der Waals surface area contributed by atoms with Crippen LogP contribution in [0.5, 0.6) is 0 Å². The SMILES string of the molecule is CN(CCCN)Cc1ccc(-n2cccn2)cc1. The summed E-state index contributed by atoms with van der Waals surface area (Å²) < 4.78 is 1.86. The minimum Gasteiger partial charge on any atom is -0.330 e. The molecule has 4 heteroatoms. The van der Waals surface area contributed by atoms with Crippen molar-refractivity contribution in [2.75, 3.05) is 20.1 Å². The molecule has 2 aromatic rings. The Bertz CT molecular complexity index is 447. The lowest BCUT2D eigenvalue weighted by molar-refractivity contribution is 0.324.